The molecule has 2 rings (SSSR count). The van der Waals surface area contributed by atoms with E-state index in [0.29, 0.717) is 24.3 Å². The molecule has 2 nitrogen and oxygen atoms in total. The van der Waals surface area contributed by atoms with Crippen LogP contribution in [0.4, 0.5) is 4.39 Å². The van der Waals surface area contributed by atoms with Crippen molar-refractivity contribution < 1.29 is 8.81 Å². The SMILES string of the molecule is NCCC#Cc1cc2cc(F)ccc2o1. The summed E-state index contributed by atoms with van der Waals surface area (Å²) in [7, 11) is 0. The van der Waals surface area contributed by atoms with Crippen LogP contribution in [0.5, 0.6) is 0 Å². The largest absolute Gasteiger partial charge is 0.448 e. The number of fused-ring (bicyclic) bond motifs is 1. The van der Waals surface area contributed by atoms with Crippen LogP contribution in [-0.2, 0) is 0 Å². The zero-order valence-electron chi connectivity index (χ0n) is 8.09. The highest BCUT2D eigenvalue weighted by Crippen LogP contribution is 2.19. The predicted molar refractivity (Wildman–Crippen MR) is 56.7 cm³/mol. The van der Waals surface area contributed by atoms with Crippen LogP contribution in [0.15, 0.2) is 28.7 Å². The molecule has 3 heteroatoms. The van der Waals surface area contributed by atoms with Gasteiger partial charge in [-0.15, -0.1) is 0 Å². The first kappa shape index (κ1) is 9.75. The smallest absolute Gasteiger partial charge is 0.178 e. The Balaban J connectivity index is 2.36. The van der Waals surface area contributed by atoms with Gasteiger partial charge in [0.2, 0.25) is 0 Å². The summed E-state index contributed by atoms with van der Waals surface area (Å²) in [4.78, 5) is 0. The number of benzene rings is 1. The van der Waals surface area contributed by atoms with Gasteiger partial charge in [-0.05, 0) is 24.1 Å². The number of rotatable bonds is 1. The van der Waals surface area contributed by atoms with Crippen molar-refractivity contribution in [2.45, 2.75) is 6.42 Å². The summed E-state index contributed by atoms with van der Waals surface area (Å²) in [6.45, 7) is 0.530. The molecular weight excluding hydrogens is 193 g/mol. The topological polar surface area (TPSA) is 39.2 Å². The second kappa shape index (κ2) is 4.16. The molecule has 0 saturated carbocycles. The Morgan fingerprint density at radius 3 is 3.00 bits per heavy atom. The zero-order valence-corrected chi connectivity index (χ0v) is 8.09. The van der Waals surface area contributed by atoms with Gasteiger partial charge in [-0.1, -0.05) is 5.92 Å². The van der Waals surface area contributed by atoms with Gasteiger partial charge < -0.3 is 10.2 Å². The van der Waals surface area contributed by atoms with E-state index >= 15 is 0 Å². The van der Waals surface area contributed by atoms with E-state index in [2.05, 4.69) is 11.8 Å². The van der Waals surface area contributed by atoms with Crippen LogP contribution < -0.4 is 5.73 Å². The number of nitrogens with two attached hydrogens (primary N) is 1. The highest BCUT2D eigenvalue weighted by Gasteiger charge is 2.01. The molecule has 1 aromatic carbocycles. The third-order valence-corrected chi connectivity index (χ3v) is 1.96. The fourth-order valence-corrected chi connectivity index (χ4v) is 1.30. The normalized spacial score (nSPS) is 10.0. The molecule has 0 aliphatic carbocycles. The lowest BCUT2D eigenvalue weighted by Gasteiger charge is -1.86. The molecule has 2 aromatic rings. The van der Waals surface area contributed by atoms with E-state index in [1.807, 2.05) is 0 Å². The standard InChI is InChI=1S/C12H10FNO/c13-10-4-5-12-9(7-10)8-11(15-12)3-1-2-6-14/h4-5,7-8H,2,6,14H2. The first-order chi connectivity index (χ1) is 7.29. The Kier molecular flexibility index (Phi) is 2.70. The lowest BCUT2D eigenvalue weighted by molar-refractivity contribution is 0.597. The van der Waals surface area contributed by atoms with Gasteiger partial charge in [0.25, 0.3) is 0 Å². The van der Waals surface area contributed by atoms with Gasteiger partial charge in [0.05, 0.1) is 0 Å². The zero-order chi connectivity index (χ0) is 10.7. The van der Waals surface area contributed by atoms with E-state index in [9.17, 15) is 4.39 Å². The fourth-order valence-electron chi connectivity index (χ4n) is 1.30. The van der Waals surface area contributed by atoms with E-state index in [1.165, 1.54) is 12.1 Å². The summed E-state index contributed by atoms with van der Waals surface area (Å²) in [6, 6.07) is 6.11. The highest BCUT2D eigenvalue weighted by atomic mass is 19.1. The maximum Gasteiger partial charge on any atom is 0.178 e. The minimum absolute atomic E-state index is 0.273. The van der Waals surface area contributed by atoms with E-state index in [4.69, 9.17) is 10.2 Å². The van der Waals surface area contributed by atoms with E-state index in [1.54, 1.807) is 12.1 Å². The van der Waals surface area contributed by atoms with Crippen molar-refractivity contribution in [3.63, 3.8) is 0 Å². The van der Waals surface area contributed by atoms with Crippen molar-refractivity contribution >= 4 is 11.0 Å². The van der Waals surface area contributed by atoms with Crippen LogP contribution in [0.2, 0.25) is 0 Å². The second-order valence-electron chi connectivity index (χ2n) is 3.13. The van der Waals surface area contributed by atoms with Crippen molar-refractivity contribution in [3.8, 4) is 11.8 Å². The Bertz CT molecular complexity index is 533. The summed E-state index contributed by atoms with van der Waals surface area (Å²) in [5.41, 5.74) is 5.95. The fraction of sp³-hybridized carbons (Fsp3) is 0.167. The summed E-state index contributed by atoms with van der Waals surface area (Å²) < 4.78 is 18.2. The highest BCUT2D eigenvalue weighted by molar-refractivity contribution is 5.78. The molecule has 0 aliphatic rings. The van der Waals surface area contributed by atoms with Gasteiger partial charge in [0, 0.05) is 24.4 Å². The molecule has 0 spiro atoms. The molecule has 1 heterocycles. The minimum Gasteiger partial charge on any atom is -0.448 e. The minimum atomic E-state index is -0.273. The molecule has 2 N–H and O–H groups in total. The Hall–Kier alpha value is -1.79. The first-order valence-electron chi connectivity index (χ1n) is 4.67. The first-order valence-corrected chi connectivity index (χ1v) is 4.67. The Morgan fingerprint density at radius 1 is 1.33 bits per heavy atom. The van der Waals surface area contributed by atoms with Gasteiger partial charge >= 0.3 is 0 Å². The second-order valence-corrected chi connectivity index (χ2v) is 3.13. The van der Waals surface area contributed by atoms with Crippen LogP contribution in [0, 0.1) is 17.7 Å². The van der Waals surface area contributed by atoms with E-state index in [0.717, 1.165) is 5.39 Å². The van der Waals surface area contributed by atoms with Gasteiger partial charge in [0.1, 0.15) is 11.4 Å². The Labute approximate surface area is 86.9 Å². The van der Waals surface area contributed by atoms with Crippen LogP contribution in [0.3, 0.4) is 0 Å². The number of halogens is 1. The molecule has 0 atom stereocenters. The van der Waals surface area contributed by atoms with Crippen molar-refractivity contribution in [1.82, 2.24) is 0 Å². The van der Waals surface area contributed by atoms with Gasteiger partial charge in [-0.2, -0.15) is 0 Å². The van der Waals surface area contributed by atoms with Crippen molar-refractivity contribution in [3.05, 3.63) is 35.8 Å². The molecule has 0 fully saturated rings. The van der Waals surface area contributed by atoms with Crippen LogP contribution >= 0.6 is 0 Å². The van der Waals surface area contributed by atoms with Gasteiger partial charge in [0.15, 0.2) is 5.76 Å². The van der Waals surface area contributed by atoms with Crippen molar-refractivity contribution in [2.75, 3.05) is 6.54 Å². The van der Waals surface area contributed by atoms with Gasteiger partial charge in [-0.25, -0.2) is 4.39 Å². The maximum absolute atomic E-state index is 12.9. The molecule has 0 amide bonds. The maximum atomic E-state index is 12.9. The molecule has 1 aromatic heterocycles. The monoisotopic (exact) mass is 203 g/mol. The van der Waals surface area contributed by atoms with Gasteiger partial charge in [-0.3, -0.25) is 0 Å². The summed E-state index contributed by atoms with van der Waals surface area (Å²) >= 11 is 0. The van der Waals surface area contributed by atoms with E-state index in [-0.39, 0.29) is 5.82 Å². The van der Waals surface area contributed by atoms with Crippen LogP contribution in [0.25, 0.3) is 11.0 Å². The predicted octanol–water partition coefficient (Wildman–Crippen LogP) is 2.27. The lowest BCUT2D eigenvalue weighted by Crippen LogP contribution is -1.95. The molecule has 0 unspecified atom stereocenters. The average Bonchev–Trinajstić information content (AvgIpc) is 2.60. The van der Waals surface area contributed by atoms with Crippen LogP contribution in [-0.4, -0.2) is 6.54 Å². The van der Waals surface area contributed by atoms with E-state index < -0.39 is 0 Å². The number of furan rings is 1. The third-order valence-electron chi connectivity index (χ3n) is 1.96. The summed E-state index contributed by atoms with van der Waals surface area (Å²) in [5, 5.41) is 0.729. The molecule has 0 saturated heterocycles. The molecule has 0 aliphatic heterocycles. The molecule has 76 valence electrons. The number of hydrogen-bond donors (Lipinski definition) is 1. The number of hydrogen-bond acceptors (Lipinski definition) is 2. The molecule has 0 radical (unpaired) electrons. The van der Waals surface area contributed by atoms with Crippen LogP contribution in [0.1, 0.15) is 12.2 Å². The molecule has 0 bridgehead atoms. The van der Waals surface area contributed by atoms with Crippen molar-refractivity contribution in [2.24, 2.45) is 5.73 Å². The average molecular weight is 203 g/mol. The summed E-state index contributed by atoms with van der Waals surface area (Å²) in [5.74, 6) is 5.97. The van der Waals surface area contributed by atoms with Crippen molar-refractivity contribution in [1.29, 1.82) is 0 Å². The Morgan fingerprint density at radius 2 is 2.20 bits per heavy atom. The molecule has 15 heavy (non-hydrogen) atoms. The quantitative estimate of drug-likeness (QED) is 0.722. The third kappa shape index (κ3) is 2.17. The molecular formula is C12H10FNO. The summed E-state index contributed by atoms with van der Waals surface area (Å²) in [6.07, 6.45) is 0.630. The lowest BCUT2D eigenvalue weighted by atomic mass is 10.2.